The number of rotatable bonds is 5. The van der Waals surface area contributed by atoms with Crippen LogP contribution in [0, 0.1) is 5.92 Å². The maximum absolute atomic E-state index is 12.4. The second-order valence-corrected chi connectivity index (χ2v) is 6.86. The normalized spacial score (nSPS) is 13.8. The molecular formula is C21H25N3O2. The van der Waals surface area contributed by atoms with Crippen molar-refractivity contribution in [3.63, 3.8) is 0 Å². The molecule has 1 aliphatic rings. The van der Waals surface area contributed by atoms with E-state index in [0.29, 0.717) is 36.8 Å². The standard InChI is InChI=1S/C21H25N3O2/c1-3-15(2)12-22-20(25)16-8-10-19(11-9-16)23-21(26)24-13-17-6-4-5-7-18(17)14-24/h4-11,15H,3,12-14H2,1-2H3,(H,22,25)(H,23,26). The molecule has 0 spiro atoms. The lowest BCUT2D eigenvalue weighted by Crippen LogP contribution is -2.30. The Balaban J connectivity index is 1.54. The molecule has 1 atom stereocenters. The summed E-state index contributed by atoms with van der Waals surface area (Å²) in [4.78, 5) is 26.4. The number of benzene rings is 2. The topological polar surface area (TPSA) is 61.4 Å². The predicted octanol–water partition coefficient (Wildman–Crippen LogP) is 4.01. The van der Waals surface area contributed by atoms with Crippen molar-refractivity contribution in [3.05, 3.63) is 65.2 Å². The number of carbonyl (C=O) groups is 2. The van der Waals surface area contributed by atoms with E-state index in [1.165, 1.54) is 11.1 Å². The fourth-order valence-corrected chi connectivity index (χ4v) is 2.90. The minimum atomic E-state index is -0.129. The molecule has 0 aliphatic carbocycles. The Bertz CT molecular complexity index is 761. The number of anilines is 1. The Morgan fingerprint density at radius 1 is 1.04 bits per heavy atom. The van der Waals surface area contributed by atoms with Crippen LogP contribution in [0.15, 0.2) is 48.5 Å². The predicted molar refractivity (Wildman–Crippen MR) is 103 cm³/mol. The van der Waals surface area contributed by atoms with Crippen LogP contribution in [-0.4, -0.2) is 23.4 Å². The number of nitrogens with zero attached hydrogens (tertiary/aromatic N) is 1. The third kappa shape index (κ3) is 4.23. The number of hydrogen-bond acceptors (Lipinski definition) is 2. The summed E-state index contributed by atoms with van der Waals surface area (Å²) >= 11 is 0. The van der Waals surface area contributed by atoms with Gasteiger partial charge in [0, 0.05) is 30.9 Å². The first-order chi connectivity index (χ1) is 12.6. The van der Waals surface area contributed by atoms with Gasteiger partial charge < -0.3 is 15.5 Å². The van der Waals surface area contributed by atoms with Crippen LogP contribution in [0.3, 0.4) is 0 Å². The van der Waals surface area contributed by atoms with Gasteiger partial charge in [0.25, 0.3) is 5.91 Å². The number of hydrogen-bond donors (Lipinski definition) is 2. The molecular weight excluding hydrogens is 326 g/mol. The highest BCUT2D eigenvalue weighted by molar-refractivity contribution is 5.95. The minimum absolute atomic E-state index is 0.0850. The maximum Gasteiger partial charge on any atom is 0.322 e. The Kier molecular flexibility index (Phi) is 5.56. The van der Waals surface area contributed by atoms with Gasteiger partial charge in [-0.15, -0.1) is 0 Å². The lowest BCUT2D eigenvalue weighted by atomic mass is 10.1. The number of carbonyl (C=O) groups excluding carboxylic acids is 2. The maximum atomic E-state index is 12.4. The summed E-state index contributed by atoms with van der Waals surface area (Å²) in [6.45, 7) is 6.13. The number of fused-ring (bicyclic) bond motifs is 1. The summed E-state index contributed by atoms with van der Waals surface area (Å²) in [5.41, 5.74) is 3.66. The summed E-state index contributed by atoms with van der Waals surface area (Å²) < 4.78 is 0. The van der Waals surface area contributed by atoms with Gasteiger partial charge in [0.05, 0.1) is 0 Å². The van der Waals surface area contributed by atoms with Crippen LogP contribution in [0.2, 0.25) is 0 Å². The molecule has 0 fully saturated rings. The molecule has 1 aliphatic heterocycles. The van der Waals surface area contributed by atoms with Gasteiger partial charge in [0.2, 0.25) is 0 Å². The molecule has 1 unspecified atom stereocenters. The summed E-state index contributed by atoms with van der Waals surface area (Å²) in [5, 5.41) is 5.83. The van der Waals surface area contributed by atoms with Crippen molar-refractivity contribution in [2.75, 3.05) is 11.9 Å². The molecule has 2 aromatic rings. The smallest absolute Gasteiger partial charge is 0.322 e. The number of nitrogens with one attached hydrogen (secondary N) is 2. The van der Waals surface area contributed by atoms with Gasteiger partial charge in [-0.2, -0.15) is 0 Å². The van der Waals surface area contributed by atoms with Crippen LogP contribution >= 0.6 is 0 Å². The lowest BCUT2D eigenvalue weighted by molar-refractivity contribution is 0.0948. The Labute approximate surface area is 154 Å². The summed E-state index contributed by atoms with van der Waals surface area (Å²) in [6, 6.07) is 15.0. The van der Waals surface area contributed by atoms with Gasteiger partial charge in [-0.1, -0.05) is 44.5 Å². The second-order valence-electron chi connectivity index (χ2n) is 6.86. The highest BCUT2D eigenvalue weighted by atomic mass is 16.2. The zero-order chi connectivity index (χ0) is 18.5. The first-order valence-corrected chi connectivity index (χ1v) is 9.07. The summed E-state index contributed by atoms with van der Waals surface area (Å²) in [7, 11) is 0. The van der Waals surface area contributed by atoms with E-state index in [9.17, 15) is 9.59 Å². The van der Waals surface area contributed by atoms with E-state index >= 15 is 0 Å². The number of urea groups is 1. The minimum Gasteiger partial charge on any atom is -0.352 e. The zero-order valence-corrected chi connectivity index (χ0v) is 15.3. The fourth-order valence-electron chi connectivity index (χ4n) is 2.90. The van der Waals surface area contributed by atoms with Crippen LogP contribution < -0.4 is 10.6 Å². The van der Waals surface area contributed by atoms with Crippen molar-refractivity contribution < 1.29 is 9.59 Å². The van der Waals surface area contributed by atoms with Crippen molar-refractivity contribution in [1.29, 1.82) is 0 Å². The highest BCUT2D eigenvalue weighted by Crippen LogP contribution is 2.23. The SMILES string of the molecule is CCC(C)CNC(=O)c1ccc(NC(=O)N2Cc3ccccc3C2)cc1. The van der Waals surface area contributed by atoms with E-state index in [0.717, 1.165) is 6.42 Å². The van der Waals surface area contributed by atoms with Gasteiger partial charge >= 0.3 is 6.03 Å². The molecule has 3 rings (SSSR count). The molecule has 26 heavy (non-hydrogen) atoms. The average Bonchev–Trinajstić information content (AvgIpc) is 3.10. The molecule has 136 valence electrons. The third-order valence-corrected chi connectivity index (χ3v) is 4.83. The monoisotopic (exact) mass is 351 g/mol. The molecule has 0 radical (unpaired) electrons. The first-order valence-electron chi connectivity index (χ1n) is 9.07. The third-order valence-electron chi connectivity index (χ3n) is 4.83. The average molecular weight is 351 g/mol. The van der Waals surface area contributed by atoms with E-state index in [2.05, 4.69) is 36.6 Å². The van der Waals surface area contributed by atoms with Gasteiger partial charge in [0.1, 0.15) is 0 Å². The van der Waals surface area contributed by atoms with Crippen molar-refractivity contribution in [2.45, 2.75) is 33.4 Å². The zero-order valence-electron chi connectivity index (χ0n) is 15.3. The van der Waals surface area contributed by atoms with Crippen LogP contribution in [0.1, 0.15) is 41.8 Å². The Morgan fingerprint density at radius 3 is 2.23 bits per heavy atom. The molecule has 0 saturated carbocycles. The van der Waals surface area contributed by atoms with Crippen LogP contribution in [0.5, 0.6) is 0 Å². The Hall–Kier alpha value is -2.82. The summed E-state index contributed by atoms with van der Waals surface area (Å²) in [5.74, 6) is 0.375. The van der Waals surface area contributed by atoms with E-state index in [1.54, 1.807) is 29.2 Å². The quantitative estimate of drug-likeness (QED) is 0.855. The molecule has 5 heteroatoms. The van der Waals surface area contributed by atoms with Crippen molar-refractivity contribution >= 4 is 17.6 Å². The second kappa shape index (κ2) is 8.04. The van der Waals surface area contributed by atoms with Gasteiger partial charge in [-0.25, -0.2) is 4.79 Å². The van der Waals surface area contributed by atoms with E-state index < -0.39 is 0 Å². The summed E-state index contributed by atoms with van der Waals surface area (Å²) in [6.07, 6.45) is 1.03. The van der Waals surface area contributed by atoms with Gasteiger partial charge in [0.15, 0.2) is 0 Å². The van der Waals surface area contributed by atoms with E-state index in [4.69, 9.17) is 0 Å². The van der Waals surface area contributed by atoms with Gasteiger partial charge in [-0.05, 0) is 41.3 Å². The Morgan fingerprint density at radius 2 is 1.65 bits per heavy atom. The molecule has 2 aromatic carbocycles. The largest absolute Gasteiger partial charge is 0.352 e. The molecule has 0 bridgehead atoms. The van der Waals surface area contributed by atoms with Crippen LogP contribution in [-0.2, 0) is 13.1 Å². The molecule has 2 N–H and O–H groups in total. The van der Waals surface area contributed by atoms with E-state index in [-0.39, 0.29) is 11.9 Å². The highest BCUT2D eigenvalue weighted by Gasteiger charge is 2.22. The molecule has 1 heterocycles. The van der Waals surface area contributed by atoms with Crippen molar-refractivity contribution in [2.24, 2.45) is 5.92 Å². The first kappa shape index (κ1) is 18.0. The lowest BCUT2D eigenvalue weighted by Gasteiger charge is -2.16. The van der Waals surface area contributed by atoms with Crippen molar-refractivity contribution in [1.82, 2.24) is 10.2 Å². The van der Waals surface area contributed by atoms with E-state index in [1.807, 2.05) is 12.1 Å². The molecule has 5 nitrogen and oxygen atoms in total. The van der Waals surface area contributed by atoms with Crippen LogP contribution in [0.4, 0.5) is 10.5 Å². The van der Waals surface area contributed by atoms with Crippen molar-refractivity contribution in [3.8, 4) is 0 Å². The number of amides is 3. The molecule has 3 amide bonds. The molecule has 0 saturated heterocycles. The fraction of sp³-hybridized carbons (Fsp3) is 0.333. The van der Waals surface area contributed by atoms with Crippen LogP contribution in [0.25, 0.3) is 0 Å². The van der Waals surface area contributed by atoms with Gasteiger partial charge in [-0.3, -0.25) is 4.79 Å². The molecule has 0 aromatic heterocycles.